The maximum atomic E-state index is 9.21. The molecule has 102 valence electrons. The zero-order chi connectivity index (χ0) is 14.4. The number of benzene rings is 2. The van der Waals surface area contributed by atoms with E-state index in [1.165, 1.54) is 0 Å². The fourth-order valence-corrected chi connectivity index (χ4v) is 1.86. The molecule has 0 atom stereocenters. The van der Waals surface area contributed by atoms with E-state index >= 15 is 0 Å². The molecule has 0 aliphatic heterocycles. The Labute approximate surface area is 118 Å². The molecule has 0 aliphatic rings. The number of ether oxygens (including phenoxy) is 2. The minimum absolute atomic E-state index is 0.514. The summed E-state index contributed by atoms with van der Waals surface area (Å²) in [6.07, 6.45) is 0. The summed E-state index contributed by atoms with van der Waals surface area (Å²) >= 11 is 0. The predicted molar refractivity (Wildman–Crippen MR) is 77.0 cm³/mol. The van der Waals surface area contributed by atoms with E-state index in [4.69, 9.17) is 9.47 Å². The van der Waals surface area contributed by atoms with E-state index in [9.17, 15) is 5.26 Å². The zero-order valence-electron chi connectivity index (χ0n) is 11.5. The standard InChI is InChI=1S/C16H16N2O2/c1-18-11-12-6-7-16(13(8-12)10-17)20-15-5-3-4-14(9-15)19-2/h3-9,18H,11H2,1-2H3. The average Bonchev–Trinajstić information content (AvgIpc) is 2.49. The third kappa shape index (κ3) is 3.28. The van der Waals surface area contributed by atoms with Gasteiger partial charge in [0.25, 0.3) is 0 Å². The van der Waals surface area contributed by atoms with Crippen molar-refractivity contribution in [2.24, 2.45) is 0 Å². The lowest BCUT2D eigenvalue weighted by molar-refractivity contribution is 0.409. The fraction of sp³-hybridized carbons (Fsp3) is 0.188. The van der Waals surface area contributed by atoms with Gasteiger partial charge in [0.05, 0.1) is 12.7 Å². The lowest BCUT2D eigenvalue weighted by Gasteiger charge is -2.10. The van der Waals surface area contributed by atoms with Crippen molar-refractivity contribution in [2.75, 3.05) is 14.2 Å². The largest absolute Gasteiger partial charge is 0.497 e. The average molecular weight is 268 g/mol. The summed E-state index contributed by atoms with van der Waals surface area (Å²) in [5.41, 5.74) is 1.56. The molecule has 20 heavy (non-hydrogen) atoms. The Kier molecular flexibility index (Phi) is 4.59. The van der Waals surface area contributed by atoms with Gasteiger partial charge in [-0.1, -0.05) is 12.1 Å². The molecule has 4 heteroatoms. The Morgan fingerprint density at radius 1 is 1.15 bits per heavy atom. The van der Waals surface area contributed by atoms with E-state index in [2.05, 4.69) is 11.4 Å². The van der Waals surface area contributed by atoms with Crippen molar-refractivity contribution in [1.29, 1.82) is 5.26 Å². The molecule has 0 radical (unpaired) electrons. The van der Waals surface area contributed by atoms with Crippen LogP contribution in [0.4, 0.5) is 0 Å². The smallest absolute Gasteiger partial charge is 0.145 e. The van der Waals surface area contributed by atoms with Crippen molar-refractivity contribution >= 4 is 0 Å². The first-order valence-corrected chi connectivity index (χ1v) is 6.26. The highest BCUT2D eigenvalue weighted by atomic mass is 16.5. The summed E-state index contributed by atoms with van der Waals surface area (Å²) < 4.78 is 10.9. The summed E-state index contributed by atoms with van der Waals surface area (Å²) in [4.78, 5) is 0. The van der Waals surface area contributed by atoms with Crippen molar-refractivity contribution < 1.29 is 9.47 Å². The van der Waals surface area contributed by atoms with E-state index in [0.29, 0.717) is 29.4 Å². The Hall–Kier alpha value is -2.51. The van der Waals surface area contributed by atoms with Crippen LogP contribution in [-0.2, 0) is 6.54 Å². The number of hydrogen-bond donors (Lipinski definition) is 1. The molecule has 4 nitrogen and oxygen atoms in total. The second kappa shape index (κ2) is 6.60. The summed E-state index contributed by atoms with van der Waals surface area (Å²) in [6.45, 7) is 0.716. The van der Waals surface area contributed by atoms with Crippen molar-refractivity contribution in [3.8, 4) is 23.3 Å². The van der Waals surface area contributed by atoms with Crippen molar-refractivity contribution in [3.05, 3.63) is 53.6 Å². The molecule has 0 aromatic heterocycles. The van der Waals surface area contributed by atoms with Crippen LogP contribution < -0.4 is 14.8 Å². The van der Waals surface area contributed by atoms with Gasteiger partial charge in [0, 0.05) is 12.6 Å². The topological polar surface area (TPSA) is 54.3 Å². The van der Waals surface area contributed by atoms with Crippen LogP contribution in [0.1, 0.15) is 11.1 Å². The van der Waals surface area contributed by atoms with Crippen LogP contribution >= 0.6 is 0 Å². The summed E-state index contributed by atoms with van der Waals surface area (Å²) in [6, 6.07) is 15.0. The van der Waals surface area contributed by atoms with E-state index in [0.717, 1.165) is 5.56 Å². The monoisotopic (exact) mass is 268 g/mol. The molecule has 0 saturated carbocycles. The number of nitriles is 1. The van der Waals surface area contributed by atoms with Crippen LogP contribution in [0, 0.1) is 11.3 Å². The zero-order valence-corrected chi connectivity index (χ0v) is 11.5. The highest BCUT2D eigenvalue weighted by Gasteiger charge is 2.06. The first-order chi connectivity index (χ1) is 9.76. The van der Waals surface area contributed by atoms with E-state index in [-0.39, 0.29) is 0 Å². The summed E-state index contributed by atoms with van der Waals surface area (Å²) in [5.74, 6) is 1.90. The Morgan fingerprint density at radius 3 is 2.65 bits per heavy atom. The minimum Gasteiger partial charge on any atom is -0.497 e. The van der Waals surface area contributed by atoms with Crippen LogP contribution in [-0.4, -0.2) is 14.2 Å². The number of nitrogens with one attached hydrogen (secondary N) is 1. The Morgan fingerprint density at radius 2 is 1.95 bits per heavy atom. The van der Waals surface area contributed by atoms with Gasteiger partial charge in [0.1, 0.15) is 23.3 Å². The molecule has 0 aliphatic carbocycles. The maximum absolute atomic E-state index is 9.21. The van der Waals surface area contributed by atoms with Gasteiger partial charge in [0.15, 0.2) is 0 Å². The van der Waals surface area contributed by atoms with Crippen LogP contribution in [0.3, 0.4) is 0 Å². The quantitative estimate of drug-likeness (QED) is 0.905. The van der Waals surface area contributed by atoms with Crippen LogP contribution in [0.25, 0.3) is 0 Å². The lowest BCUT2D eigenvalue weighted by atomic mass is 10.1. The summed E-state index contributed by atoms with van der Waals surface area (Å²) in [5, 5.41) is 12.3. The van der Waals surface area contributed by atoms with Crippen molar-refractivity contribution in [1.82, 2.24) is 5.32 Å². The van der Waals surface area contributed by atoms with E-state index < -0.39 is 0 Å². The maximum Gasteiger partial charge on any atom is 0.145 e. The molecule has 2 rings (SSSR count). The molecule has 2 aromatic rings. The molecule has 2 aromatic carbocycles. The summed E-state index contributed by atoms with van der Waals surface area (Å²) in [7, 11) is 3.47. The van der Waals surface area contributed by atoms with Gasteiger partial charge in [-0.05, 0) is 36.9 Å². The third-order valence-corrected chi connectivity index (χ3v) is 2.81. The Balaban J connectivity index is 2.26. The van der Waals surface area contributed by atoms with Gasteiger partial charge in [-0.15, -0.1) is 0 Å². The van der Waals surface area contributed by atoms with Gasteiger partial charge in [-0.25, -0.2) is 0 Å². The molecule has 0 amide bonds. The predicted octanol–water partition coefficient (Wildman–Crippen LogP) is 3.08. The van der Waals surface area contributed by atoms with Crippen molar-refractivity contribution in [2.45, 2.75) is 6.54 Å². The third-order valence-electron chi connectivity index (χ3n) is 2.81. The normalized spacial score (nSPS) is 9.85. The molecule has 0 saturated heterocycles. The second-order valence-corrected chi connectivity index (χ2v) is 4.25. The molecule has 0 fully saturated rings. The first kappa shape index (κ1) is 13.9. The highest BCUT2D eigenvalue weighted by molar-refractivity contribution is 5.48. The van der Waals surface area contributed by atoms with Gasteiger partial charge < -0.3 is 14.8 Å². The van der Waals surface area contributed by atoms with Gasteiger partial charge in [-0.3, -0.25) is 0 Å². The molecule has 0 bridgehead atoms. The van der Waals surface area contributed by atoms with Gasteiger partial charge in [0.2, 0.25) is 0 Å². The number of hydrogen-bond acceptors (Lipinski definition) is 4. The van der Waals surface area contributed by atoms with E-state index in [1.807, 2.05) is 43.4 Å². The molecule has 1 N–H and O–H groups in total. The van der Waals surface area contributed by atoms with Crippen molar-refractivity contribution in [3.63, 3.8) is 0 Å². The first-order valence-electron chi connectivity index (χ1n) is 6.26. The molecular formula is C16H16N2O2. The fourth-order valence-electron chi connectivity index (χ4n) is 1.86. The van der Waals surface area contributed by atoms with E-state index in [1.54, 1.807) is 13.2 Å². The SMILES string of the molecule is CNCc1ccc(Oc2cccc(OC)c2)c(C#N)c1. The van der Waals surface area contributed by atoms with Gasteiger partial charge in [-0.2, -0.15) is 5.26 Å². The van der Waals surface area contributed by atoms with Crippen LogP contribution in [0.2, 0.25) is 0 Å². The molecule has 0 heterocycles. The number of rotatable bonds is 5. The number of methoxy groups -OCH3 is 1. The lowest BCUT2D eigenvalue weighted by Crippen LogP contribution is -2.05. The molecule has 0 spiro atoms. The number of nitrogens with zero attached hydrogens (tertiary/aromatic N) is 1. The molecule has 0 unspecified atom stereocenters. The second-order valence-electron chi connectivity index (χ2n) is 4.25. The minimum atomic E-state index is 0.514. The van der Waals surface area contributed by atoms with Gasteiger partial charge >= 0.3 is 0 Å². The van der Waals surface area contributed by atoms with Crippen LogP contribution in [0.5, 0.6) is 17.2 Å². The Bertz CT molecular complexity index is 633. The highest BCUT2D eigenvalue weighted by Crippen LogP contribution is 2.28. The molecular weight excluding hydrogens is 252 g/mol. The van der Waals surface area contributed by atoms with Crippen LogP contribution in [0.15, 0.2) is 42.5 Å².